The van der Waals surface area contributed by atoms with Gasteiger partial charge in [-0.05, 0) is 36.2 Å². The van der Waals surface area contributed by atoms with Crippen molar-refractivity contribution in [2.24, 2.45) is 0 Å². The lowest BCUT2D eigenvalue weighted by Crippen LogP contribution is -2.45. The molecule has 0 radical (unpaired) electrons. The van der Waals surface area contributed by atoms with Crippen LogP contribution in [-0.2, 0) is 16.4 Å². The number of benzene rings is 2. The van der Waals surface area contributed by atoms with Gasteiger partial charge in [-0.25, -0.2) is 8.42 Å². The molecule has 4 aromatic rings. The second-order valence-corrected chi connectivity index (χ2v) is 10.0. The zero-order valence-corrected chi connectivity index (χ0v) is 18.8. The molecule has 0 amide bonds. The van der Waals surface area contributed by atoms with Crippen molar-refractivity contribution in [3.05, 3.63) is 64.3 Å². The Bertz CT molecular complexity index is 1440. The first-order valence-corrected chi connectivity index (χ1v) is 11.8. The van der Waals surface area contributed by atoms with Gasteiger partial charge >= 0.3 is 0 Å². The van der Waals surface area contributed by atoms with Crippen molar-refractivity contribution in [2.45, 2.75) is 17.4 Å². The third-order valence-corrected chi connectivity index (χ3v) is 7.77. The molecule has 4 N–H and O–H groups in total. The number of fused-ring (bicyclic) bond motifs is 2. The molecule has 2 aromatic heterocycles. The minimum atomic E-state index is -3.91. The average Bonchev–Trinajstić information content (AvgIpc) is 3.23. The number of nitrogen functional groups attached to an aromatic ring is 1. The normalized spacial score (nSPS) is 16.2. The number of aromatic nitrogens is 4. The number of nitrogens with two attached hydrogens (primary N) is 1. The summed E-state index contributed by atoms with van der Waals surface area (Å²) in [5, 5.41) is 11.2. The van der Waals surface area contributed by atoms with Crippen LogP contribution in [0.4, 0.5) is 17.5 Å². The molecule has 1 atom stereocenters. The Hall–Kier alpha value is -3.08. The van der Waals surface area contributed by atoms with E-state index in [2.05, 4.69) is 25.5 Å². The lowest BCUT2D eigenvalue weighted by atomic mass is 9.99. The number of nitrogens with one attached hydrogen (secondary N) is 2. The van der Waals surface area contributed by atoms with E-state index in [1.54, 1.807) is 12.3 Å². The van der Waals surface area contributed by atoms with Crippen molar-refractivity contribution in [2.75, 3.05) is 21.9 Å². The van der Waals surface area contributed by atoms with E-state index in [-0.39, 0.29) is 33.5 Å². The van der Waals surface area contributed by atoms with Gasteiger partial charge < -0.3 is 11.1 Å². The van der Waals surface area contributed by atoms with E-state index in [4.69, 9.17) is 28.9 Å². The Labute approximate surface area is 193 Å². The molecule has 0 aliphatic carbocycles. The summed E-state index contributed by atoms with van der Waals surface area (Å²) in [4.78, 5) is 8.46. The summed E-state index contributed by atoms with van der Waals surface area (Å²) in [6.07, 6.45) is 2.19. The highest BCUT2D eigenvalue weighted by Crippen LogP contribution is 2.35. The van der Waals surface area contributed by atoms with Gasteiger partial charge in [0, 0.05) is 0 Å². The van der Waals surface area contributed by atoms with Gasteiger partial charge in [0.15, 0.2) is 5.65 Å². The maximum absolute atomic E-state index is 13.6. The van der Waals surface area contributed by atoms with Gasteiger partial charge in [0.1, 0.15) is 5.82 Å². The third-order valence-electron chi connectivity index (χ3n) is 5.26. The molecule has 1 aliphatic heterocycles. The van der Waals surface area contributed by atoms with Gasteiger partial charge in [-0.3, -0.25) is 9.40 Å². The largest absolute Gasteiger partial charge is 0.368 e. The molecule has 12 heteroatoms. The summed E-state index contributed by atoms with van der Waals surface area (Å²) < 4.78 is 28.5. The molecule has 0 saturated carbocycles. The molecule has 0 fully saturated rings. The summed E-state index contributed by atoms with van der Waals surface area (Å²) in [6, 6.07) is 11.4. The number of H-pyrrole nitrogens is 1. The quantitative estimate of drug-likeness (QED) is 0.399. The van der Waals surface area contributed by atoms with Gasteiger partial charge in [-0.2, -0.15) is 15.1 Å². The van der Waals surface area contributed by atoms with Crippen LogP contribution in [0.2, 0.25) is 10.0 Å². The van der Waals surface area contributed by atoms with Gasteiger partial charge in [0.2, 0.25) is 5.95 Å². The number of para-hydroxylation sites is 1. The maximum Gasteiger partial charge on any atom is 0.264 e. The van der Waals surface area contributed by atoms with Gasteiger partial charge in [-0.15, -0.1) is 0 Å². The standard InChI is InChI=1S/C20H17Cl2N7O2S/c21-15-6-5-13(8-16(15)22)32(30,31)29-10-12(7-11-3-1-2-4-17(11)29)25-18-14-9-24-28-19(14)27-20(23)26-18/h1-6,8-9,12H,7,10H2,(H4,23,24,25,26,27,28). The molecule has 5 rings (SSSR count). The molecule has 2 aromatic carbocycles. The van der Waals surface area contributed by atoms with Crippen LogP contribution in [0.15, 0.2) is 53.6 Å². The van der Waals surface area contributed by atoms with Crippen LogP contribution in [0.3, 0.4) is 0 Å². The van der Waals surface area contributed by atoms with Crippen LogP contribution >= 0.6 is 23.2 Å². The van der Waals surface area contributed by atoms with Crippen LogP contribution in [0.25, 0.3) is 11.0 Å². The number of nitrogens with zero attached hydrogens (tertiary/aromatic N) is 4. The Morgan fingerprint density at radius 3 is 2.75 bits per heavy atom. The number of halogens is 2. The van der Waals surface area contributed by atoms with Crippen LogP contribution in [0.5, 0.6) is 0 Å². The Morgan fingerprint density at radius 2 is 1.94 bits per heavy atom. The summed E-state index contributed by atoms with van der Waals surface area (Å²) >= 11 is 12.1. The number of sulfonamides is 1. The van der Waals surface area contributed by atoms with E-state index in [0.29, 0.717) is 29.0 Å². The summed E-state index contributed by atoms with van der Waals surface area (Å²) in [5.74, 6) is 0.568. The molecule has 0 saturated heterocycles. The predicted octanol–water partition coefficient (Wildman–Crippen LogP) is 3.47. The highest BCUT2D eigenvalue weighted by atomic mass is 35.5. The number of rotatable bonds is 4. The number of aromatic amines is 1. The molecule has 1 aliphatic rings. The Morgan fingerprint density at radius 1 is 1.12 bits per heavy atom. The SMILES string of the molecule is Nc1nc(NC2Cc3ccccc3N(S(=O)(=O)c3ccc(Cl)c(Cl)c3)C2)c2cn[nH]c2n1. The fourth-order valence-electron chi connectivity index (χ4n) is 3.80. The molecule has 0 bridgehead atoms. The van der Waals surface area contributed by atoms with E-state index < -0.39 is 10.0 Å². The summed E-state index contributed by atoms with van der Waals surface area (Å²) in [6.45, 7) is 0.169. The lowest BCUT2D eigenvalue weighted by molar-refractivity contribution is 0.581. The van der Waals surface area contributed by atoms with Crippen molar-refractivity contribution >= 4 is 61.7 Å². The number of hydrogen-bond donors (Lipinski definition) is 3. The molecular weight excluding hydrogens is 473 g/mol. The van der Waals surface area contributed by atoms with E-state index in [0.717, 1.165) is 5.56 Å². The highest BCUT2D eigenvalue weighted by Gasteiger charge is 2.34. The summed E-state index contributed by atoms with van der Waals surface area (Å²) in [5.41, 5.74) is 7.82. The zero-order valence-electron chi connectivity index (χ0n) is 16.5. The lowest BCUT2D eigenvalue weighted by Gasteiger charge is -2.36. The van der Waals surface area contributed by atoms with Crippen LogP contribution in [-0.4, -0.2) is 41.2 Å². The zero-order chi connectivity index (χ0) is 22.5. The molecule has 0 spiro atoms. The third kappa shape index (κ3) is 3.60. The number of anilines is 3. The van der Waals surface area contributed by atoms with Gasteiger partial charge in [0.25, 0.3) is 10.0 Å². The van der Waals surface area contributed by atoms with Crippen molar-refractivity contribution < 1.29 is 8.42 Å². The van der Waals surface area contributed by atoms with Gasteiger partial charge in [0.05, 0.1) is 44.8 Å². The molecule has 9 nitrogen and oxygen atoms in total. The first-order chi connectivity index (χ1) is 15.3. The minimum Gasteiger partial charge on any atom is -0.368 e. The van der Waals surface area contributed by atoms with Crippen LogP contribution < -0.4 is 15.4 Å². The van der Waals surface area contributed by atoms with Crippen LogP contribution in [0.1, 0.15) is 5.56 Å². The highest BCUT2D eigenvalue weighted by molar-refractivity contribution is 7.92. The topological polar surface area (TPSA) is 130 Å². The van der Waals surface area contributed by atoms with E-state index in [1.807, 2.05) is 18.2 Å². The van der Waals surface area contributed by atoms with Crippen LogP contribution in [0, 0.1) is 0 Å². The first-order valence-electron chi connectivity index (χ1n) is 9.62. The van der Waals surface area contributed by atoms with E-state index in [1.165, 1.54) is 22.5 Å². The van der Waals surface area contributed by atoms with Crippen molar-refractivity contribution in [3.8, 4) is 0 Å². The average molecular weight is 490 g/mol. The van der Waals surface area contributed by atoms with E-state index in [9.17, 15) is 8.42 Å². The molecule has 32 heavy (non-hydrogen) atoms. The fourth-order valence-corrected chi connectivity index (χ4v) is 5.74. The molecule has 164 valence electrons. The Kier molecular flexibility index (Phi) is 5.07. The molecule has 1 unspecified atom stereocenters. The molecule has 3 heterocycles. The second-order valence-electron chi connectivity index (χ2n) is 7.35. The monoisotopic (exact) mass is 489 g/mol. The van der Waals surface area contributed by atoms with Gasteiger partial charge in [-0.1, -0.05) is 41.4 Å². The fraction of sp³-hybridized carbons (Fsp3) is 0.150. The summed E-state index contributed by atoms with van der Waals surface area (Å²) in [7, 11) is -3.91. The first kappa shape index (κ1) is 20.8. The molecular formula is C20H17Cl2N7O2S. The van der Waals surface area contributed by atoms with Crippen molar-refractivity contribution in [1.29, 1.82) is 0 Å². The maximum atomic E-state index is 13.6. The smallest absolute Gasteiger partial charge is 0.264 e. The second kappa shape index (κ2) is 7.80. The minimum absolute atomic E-state index is 0.0610. The number of hydrogen-bond acceptors (Lipinski definition) is 7. The van der Waals surface area contributed by atoms with Crippen molar-refractivity contribution in [3.63, 3.8) is 0 Å². The Balaban J connectivity index is 1.54. The van der Waals surface area contributed by atoms with E-state index >= 15 is 0 Å². The predicted molar refractivity (Wildman–Crippen MR) is 125 cm³/mol. The van der Waals surface area contributed by atoms with Crippen molar-refractivity contribution in [1.82, 2.24) is 20.2 Å².